The van der Waals surface area contributed by atoms with E-state index in [2.05, 4.69) is 32.0 Å². The minimum atomic E-state index is -1.07. The normalized spacial score (nSPS) is 18.9. The zero-order valence-corrected chi connectivity index (χ0v) is 12.8. The Hall–Kier alpha value is -2.38. The van der Waals surface area contributed by atoms with E-state index in [1.54, 1.807) is 0 Å². The summed E-state index contributed by atoms with van der Waals surface area (Å²) >= 11 is 0. The second kappa shape index (κ2) is 4.56. The van der Waals surface area contributed by atoms with Crippen LogP contribution in [0.15, 0.2) is 66.7 Å². The average Bonchev–Trinajstić information content (AvgIpc) is 2.79. The molecule has 0 bridgehead atoms. The van der Waals surface area contributed by atoms with Crippen LogP contribution in [0.1, 0.15) is 27.8 Å². The Morgan fingerprint density at radius 2 is 1.45 bits per heavy atom. The molecule has 1 N–H and O–H groups in total. The van der Waals surface area contributed by atoms with Crippen LogP contribution in [-0.2, 0) is 5.60 Å². The van der Waals surface area contributed by atoms with Crippen molar-refractivity contribution in [1.29, 1.82) is 0 Å². The Kier molecular flexibility index (Phi) is 2.75. The Labute approximate surface area is 130 Å². The fraction of sp³-hybridized carbons (Fsp3) is 0.143. The first-order valence-corrected chi connectivity index (χ1v) is 7.62. The fourth-order valence-electron chi connectivity index (χ4n) is 3.76. The van der Waals surface area contributed by atoms with Gasteiger partial charge in [-0.2, -0.15) is 0 Å². The second-order valence-corrected chi connectivity index (χ2v) is 6.13. The summed E-state index contributed by atoms with van der Waals surface area (Å²) in [5.41, 5.74) is 6.54. The number of benzene rings is 3. The van der Waals surface area contributed by atoms with E-state index in [1.807, 2.05) is 48.5 Å². The third-order valence-electron chi connectivity index (χ3n) is 4.65. The number of hydrogen-bond donors (Lipinski definition) is 1. The van der Waals surface area contributed by atoms with Crippen molar-refractivity contribution in [3.8, 4) is 11.1 Å². The molecule has 22 heavy (non-hydrogen) atoms. The minimum absolute atomic E-state index is 0.922. The van der Waals surface area contributed by atoms with E-state index in [0.29, 0.717) is 0 Å². The molecule has 0 amide bonds. The Morgan fingerprint density at radius 3 is 2.23 bits per heavy atom. The van der Waals surface area contributed by atoms with E-state index < -0.39 is 5.60 Å². The van der Waals surface area contributed by atoms with Crippen LogP contribution in [-0.4, -0.2) is 5.11 Å². The second-order valence-electron chi connectivity index (χ2n) is 6.13. The predicted octanol–water partition coefficient (Wildman–Crippen LogP) is 4.57. The third-order valence-corrected chi connectivity index (χ3v) is 4.65. The molecule has 4 rings (SSSR count). The van der Waals surface area contributed by atoms with Crippen molar-refractivity contribution in [3.05, 3.63) is 94.5 Å². The Morgan fingerprint density at radius 1 is 0.773 bits per heavy atom. The largest absolute Gasteiger partial charge is 0.376 e. The highest BCUT2D eigenvalue weighted by atomic mass is 16.3. The average molecular weight is 286 g/mol. The van der Waals surface area contributed by atoms with Gasteiger partial charge in [0.15, 0.2) is 0 Å². The summed E-state index contributed by atoms with van der Waals surface area (Å²) in [6.45, 7) is 4.21. The van der Waals surface area contributed by atoms with E-state index >= 15 is 0 Å². The molecule has 0 aromatic heterocycles. The van der Waals surface area contributed by atoms with Gasteiger partial charge in [0.05, 0.1) is 0 Å². The summed E-state index contributed by atoms with van der Waals surface area (Å²) in [6, 6.07) is 22.5. The Bertz CT molecular complexity index is 864. The smallest absolute Gasteiger partial charge is 0.141 e. The molecule has 1 aliphatic rings. The van der Waals surface area contributed by atoms with Crippen LogP contribution in [0.5, 0.6) is 0 Å². The first-order valence-electron chi connectivity index (χ1n) is 7.62. The van der Waals surface area contributed by atoms with Gasteiger partial charge in [-0.3, -0.25) is 0 Å². The van der Waals surface area contributed by atoms with Crippen molar-refractivity contribution in [2.45, 2.75) is 19.4 Å². The van der Waals surface area contributed by atoms with Crippen molar-refractivity contribution in [2.24, 2.45) is 0 Å². The maximum atomic E-state index is 11.7. The maximum absolute atomic E-state index is 11.7. The van der Waals surface area contributed by atoms with Crippen molar-refractivity contribution in [3.63, 3.8) is 0 Å². The van der Waals surface area contributed by atoms with Gasteiger partial charge < -0.3 is 5.11 Å². The number of rotatable bonds is 1. The van der Waals surface area contributed by atoms with E-state index in [4.69, 9.17) is 0 Å². The SMILES string of the molecule is Cc1cc(C)c2c(c1)C(O)(c1ccccc1)c1ccccc1-2. The molecule has 0 fully saturated rings. The van der Waals surface area contributed by atoms with Crippen LogP contribution in [0.4, 0.5) is 0 Å². The van der Waals surface area contributed by atoms with Gasteiger partial charge in [-0.05, 0) is 36.1 Å². The topological polar surface area (TPSA) is 20.2 Å². The standard InChI is InChI=1S/C21H18O/c1-14-12-15(2)20-17-10-6-7-11-18(17)21(22,19(20)13-14)16-8-4-3-5-9-16/h3-13,22H,1-2H3. The molecule has 3 aromatic rings. The summed E-state index contributed by atoms with van der Waals surface area (Å²) in [5, 5.41) is 11.7. The quantitative estimate of drug-likeness (QED) is 0.695. The van der Waals surface area contributed by atoms with Crippen molar-refractivity contribution < 1.29 is 5.11 Å². The molecular formula is C21H18O. The summed E-state index contributed by atoms with van der Waals surface area (Å²) in [6.07, 6.45) is 0. The molecule has 0 spiro atoms. The summed E-state index contributed by atoms with van der Waals surface area (Å²) in [4.78, 5) is 0. The van der Waals surface area contributed by atoms with Crippen molar-refractivity contribution >= 4 is 0 Å². The fourth-order valence-corrected chi connectivity index (χ4v) is 3.76. The summed E-state index contributed by atoms with van der Waals surface area (Å²) in [5.74, 6) is 0. The highest BCUT2D eigenvalue weighted by molar-refractivity contribution is 5.84. The van der Waals surface area contributed by atoms with E-state index in [0.717, 1.165) is 22.3 Å². The number of aryl methyl sites for hydroxylation is 2. The molecule has 1 heteroatoms. The van der Waals surface area contributed by atoms with Gasteiger partial charge >= 0.3 is 0 Å². The molecule has 0 saturated carbocycles. The van der Waals surface area contributed by atoms with Crippen LogP contribution >= 0.6 is 0 Å². The molecule has 1 aliphatic carbocycles. The molecule has 0 saturated heterocycles. The molecule has 1 nitrogen and oxygen atoms in total. The van der Waals surface area contributed by atoms with Crippen molar-refractivity contribution in [1.82, 2.24) is 0 Å². The zero-order valence-electron chi connectivity index (χ0n) is 12.8. The number of hydrogen-bond acceptors (Lipinski definition) is 1. The summed E-state index contributed by atoms with van der Waals surface area (Å²) in [7, 11) is 0. The number of aliphatic hydroxyl groups is 1. The summed E-state index contributed by atoms with van der Waals surface area (Å²) < 4.78 is 0. The highest BCUT2D eigenvalue weighted by Crippen LogP contribution is 2.52. The lowest BCUT2D eigenvalue weighted by atomic mass is 9.83. The van der Waals surface area contributed by atoms with E-state index in [9.17, 15) is 5.11 Å². The number of fused-ring (bicyclic) bond motifs is 3. The van der Waals surface area contributed by atoms with Crippen LogP contribution in [0.2, 0.25) is 0 Å². The van der Waals surface area contributed by atoms with Crippen LogP contribution in [0.25, 0.3) is 11.1 Å². The minimum Gasteiger partial charge on any atom is -0.376 e. The molecule has 0 radical (unpaired) electrons. The lowest BCUT2D eigenvalue weighted by Gasteiger charge is -2.27. The van der Waals surface area contributed by atoms with Gasteiger partial charge in [-0.15, -0.1) is 0 Å². The molecule has 3 aromatic carbocycles. The maximum Gasteiger partial charge on any atom is 0.141 e. The van der Waals surface area contributed by atoms with Gasteiger partial charge in [-0.25, -0.2) is 0 Å². The first-order chi connectivity index (χ1) is 10.6. The van der Waals surface area contributed by atoms with E-state index in [-0.39, 0.29) is 0 Å². The van der Waals surface area contributed by atoms with Gasteiger partial charge in [0.1, 0.15) is 5.60 Å². The lowest BCUT2D eigenvalue weighted by molar-refractivity contribution is 0.130. The van der Waals surface area contributed by atoms with Crippen LogP contribution < -0.4 is 0 Å². The Balaban J connectivity index is 2.14. The van der Waals surface area contributed by atoms with Gasteiger partial charge in [-0.1, -0.05) is 72.3 Å². The van der Waals surface area contributed by atoms with Gasteiger partial charge in [0.25, 0.3) is 0 Å². The molecule has 0 heterocycles. The van der Waals surface area contributed by atoms with Gasteiger partial charge in [0.2, 0.25) is 0 Å². The molecular weight excluding hydrogens is 268 g/mol. The zero-order chi connectivity index (χ0) is 15.3. The highest BCUT2D eigenvalue weighted by Gasteiger charge is 2.43. The van der Waals surface area contributed by atoms with Crippen LogP contribution in [0.3, 0.4) is 0 Å². The molecule has 108 valence electrons. The van der Waals surface area contributed by atoms with Crippen molar-refractivity contribution in [2.75, 3.05) is 0 Å². The van der Waals surface area contributed by atoms with Crippen LogP contribution in [0, 0.1) is 13.8 Å². The molecule has 1 atom stereocenters. The van der Waals surface area contributed by atoms with Gasteiger partial charge in [0, 0.05) is 11.1 Å². The van der Waals surface area contributed by atoms with E-state index in [1.165, 1.54) is 16.7 Å². The lowest BCUT2D eigenvalue weighted by Crippen LogP contribution is -2.26. The predicted molar refractivity (Wildman–Crippen MR) is 89.9 cm³/mol. The third kappa shape index (κ3) is 1.63. The molecule has 0 aliphatic heterocycles. The monoisotopic (exact) mass is 286 g/mol. The molecule has 1 unspecified atom stereocenters. The first kappa shape index (κ1) is 13.3.